The van der Waals surface area contributed by atoms with Crippen LogP contribution in [-0.2, 0) is 9.59 Å². The number of hydrogen-bond acceptors (Lipinski definition) is 3. The summed E-state index contributed by atoms with van der Waals surface area (Å²) in [6, 6.07) is 0. The molecule has 0 bridgehead atoms. The van der Waals surface area contributed by atoms with Gasteiger partial charge in [0.2, 0.25) is 11.9 Å². The van der Waals surface area contributed by atoms with Crippen molar-refractivity contribution in [3.05, 3.63) is 0 Å². The molecule has 0 aromatic carbocycles. The molecule has 0 radical (unpaired) electrons. The molecule has 0 aromatic heterocycles. The van der Waals surface area contributed by atoms with E-state index >= 15 is 0 Å². The van der Waals surface area contributed by atoms with Gasteiger partial charge in [0.25, 0.3) is 5.91 Å². The summed E-state index contributed by atoms with van der Waals surface area (Å²) in [6.07, 6.45) is 1.89. The molecule has 1 aliphatic carbocycles. The predicted molar refractivity (Wildman–Crippen MR) is 41.0 cm³/mol. The average Bonchev–Trinajstić information content (AvgIpc) is 2.68. The molecule has 64 valence electrons. The Balaban J connectivity index is 2.23. The highest BCUT2D eigenvalue weighted by Crippen LogP contribution is 2.38. The Hall–Kier alpha value is -1.39. The van der Waals surface area contributed by atoms with Crippen molar-refractivity contribution in [3.8, 4) is 0 Å². The summed E-state index contributed by atoms with van der Waals surface area (Å²) < 4.78 is 0. The van der Waals surface area contributed by atoms with Gasteiger partial charge in [0.15, 0.2) is 0 Å². The van der Waals surface area contributed by atoms with Gasteiger partial charge in [0, 0.05) is 0 Å². The number of aliphatic imine (C=N–C) groups is 1. The highest BCUT2D eigenvalue weighted by Gasteiger charge is 2.43. The van der Waals surface area contributed by atoms with Gasteiger partial charge in [-0.2, -0.15) is 4.99 Å². The molecule has 0 saturated heterocycles. The number of carbonyl (C=O) groups excluding carboxylic acids is 2. The van der Waals surface area contributed by atoms with Gasteiger partial charge < -0.3 is 5.73 Å². The quantitative estimate of drug-likeness (QED) is 0.490. The van der Waals surface area contributed by atoms with Crippen LogP contribution < -0.4 is 11.1 Å². The maximum atomic E-state index is 11.2. The van der Waals surface area contributed by atoms with E-state index in [0.29, 0.717) is 0 Å². The third kappa shape index (κ3) is 1.07. The van der Waals surface area contributed by atoms with Gasteiger partial charge >= 0.3 is 0 Å². The summed E-state index contributed by atoms with van der Waals surface area (Å²) in [7, 11) is 0. The van der Waals surface area contributed by atoms with Gasteiger partial charge in [0.05, 0.1) is 0 Å². The Morgan fingerprint density at radius 1 is 1.42 bits per heavy atom. The number of rotatable bonds is 1. The van der Waals surface area contributed by atoms with E-state index in [0.717, 1.165) is 12.8 Å². The van der Waals surface area contributed by atoms with E-state index in [1.165, 1.54) is 0 Å². The van der Waals surface area contributed by atoms with Gasteiger partial charge in [-0.1, -0.05) is 0 Å². The Morgan fingerprint density at radius 3 is 2.58 bits per heavy atom. The summed E-state index contributed by atoms with van der Waals surface area (Å²) in [5, 5.41) is 2.35. The van der Waals surface area contributed by atoms with E-state index in [-0.39, 0.29) is 17.8 Å². The molecule has 2 amide bonds. The maximum Gasteiger partial charge on any atom is 0.261 e. The van der Waals surface area contributed by atoms with Crippen molar-refractivity contribution in [2.24, 2.45) is 22.6 Å². The number of carbonyl (C=O) groups is 2. The van der Waals surface area contributed by atoms with Crippen LogP contribution in [0.3, 0.4) is 0 Å². The lowest BCUT2D eigenvalue weighted by atomic mass is 10.0. The number of nitrogens with one attached hydrogen (secondary N) is 1. The largest absolute Gasteiger partial charge is 0.369 e. The van der Waals surface area contributed by atoms with E-state index < -0.39 is 11.8 Å². The molecule has 3 N–H and O–H groups in total. The summed E-state index contributed by atoms with van der Waals surface area (Å²) in [4.78, 5) is 25.9. The molecule has 5 heteroatoms. The molecule has 1 saturated carbocycles. The predicted octanol–water partition coefficient (Wildman–Crippen LogP) is -1.02. The molecule has 12 heavy (non-hydrogen) atoms. The van der Waals surface area contributed by atoms with Crippen molar-refractivity contribution in [2.45, 2.75) is 12.8 Å². The van der Waals surface area contributed by atoms with Crippen LogP contribution in [0.25, 0.3) is 0 Å². The molecule has 1 heterocycles. The van der Waals surface area contributed by atoms with E-state index in [2.05, 4.69) is 10.3 Å². The van der Waals surface area contributed by atoms with Crippen molar-refractivity contribution < 1.29 is 9.59 Å². The van der Waals surface area contributed by atoms with Crippen LogP contribution in [0.15, 0.2) is 4.99 Å². The monoisotopic (exact) mass is 167 g/mol. The van der Waals surface area contributed by atoms with Gasteiger partial charge in [0.1, 0.15) is 5.92 Å². The first-order valence-electron chi connectivity index (χ1n) is 3.87. The zero-order valence-corrected chi connectivity index (χ0v) is 6.41. The summed E-state index contributed by atoms with van der Waals surface area (Å²) in [5.74, 6) is -1.14. The Kier molecular flexibility index (Phi) is 1.39. The standard InChI is InChI=1S/C7H9N3O2/c8-7-9-5(11)4(3-1-2-3)6(12)10-7/h3-4H,1-2H2,(H3,8,9,10,11,12). The summed E-state index contributed by atoms with van der Waals surface area (Å²) >= 11 is 0. The molecule has 0 spiro atoms. The minimum absolute atomic E-state index is 0.0816. The first-order valence-corrected chi connectivity index (χ1v) is 3.87. The van der Waals surface area contributed by atoms with Crippen LogP contribution in [0.2, 0.25) is 0 Å². The molecular weight excluding hydrogens is 158 g/mol. The summed E-state index contributed by atoms with van der Waals surface area (Å²) in [6.45, 7) is 0. The van der Waals surface area contributed by atoms with E-state index in [1.54, 1.807) is 0 Å². The van der Waals surface area contributed by atoms with Crippen LogP contribution >= 0.6 is 0 Å². The molecule has 1 unspecified atom stereocenters. The van der Waals surface area contributed by atoms with Gasteiger partial charge in [-0.15, -0.1) is 0 Å². The van der Waals surface area contributed by atoms with Crippen LogP contribution in [0.5, 0.6) is 0 Å². The van der Waals surface area contributed by atoms with Crippen molar-refractivity contribution >= 4 is 17.8 Å². The fraction of sp³-hybridized carbons (Fsp3) is 0.571. The van der Waals surface area contributed by atoms with Crippen molar-refractivity contribution in [2.75, 3.05) is 0 Å². The minimum Gasteiger partial charge on any atom is -0.369 e. The minimum atomic E-state index is -0.572. The molecule has 2 aliphatic rings. The average molecular weight is 167 g/mol. The van der Waals surface area contributed by atoms with Gasteiger partial charge in [-0.25, -0.2) is 0 Å². The van der Waals surface area contributed by atoms with Crippen LogP contribution in [0.1, 0.15) is 12.8 Å². The SMILES string of the molecule is NC1=NC(=O)C(C2CC2)C(=O)N1. The first-order chi connectivity index (χ1) is 5.68. The molecule has 1 fully saturated rings. The van der Waals surface area contributed by atoms with Crippen molar-refractivity contribution in [1.82, 2.24) is 5.32 Å². The number of guanidine groups is 1. The second kappa shape index (κ2) is 2.30. The Labute approximate surface area is 69.0 Å². The van der Waals surface area contributed by atoms with Crippen LogP contribution in [0, 0.1) is 11.8 Å². The molecule has 1 aliphatic heterocycles. The van der Waals surface area contributed by atoms with E-state index in [1.807, 2.05) is 0 Å². The number of nitrogens with zero attached hydrogens (tertiary/aromatic N) is 1. The Morgan fingerprint density at radius 2 is 2.08 bits per heavy atom. The number of hydrogen-bond donors (Lipinski definition) is 2. The van der Waals surface area contributed by atoms with Crippen LogP contribution in [-0.4, -0.2) is 17.8 Å². The third-order valence-corrected chi connectivity index (χ3v) is 2.12. The zero-order valence-electron chi connectivity index (χ0n) is 6.41. The molecular formula is C7H9N3O2. The van der Waals surface area contributed by atoms with Crippen molar-refractivity contribution in [3.63, 3.8) is 0 Å². The van der Waals surface area contributed by atoms with Crippen LogP contribution in [0.4, 0.5) is 0 Å². The lowest BCUT2D eigenvalue weighted by Gasteiger charge is -2.16. The molecule has 2 rings (SSSR count). The smallest absolute Gasteiger partial charge is 0.261 e. The molecule has 1 atom stereocenters. The first kappa shape index (κ1) is 7.27. The number of nitrogens with two attached hydrogens (primary N) is 1. The third-order valence-electron chi connectivity index (χ3n) is 2.12. The highest BCUT2D eigenvalue weighted by atomic mass is 16.2. The van der Waals surface area contributed by atoms with E-state index in [9.17, 15) is 9.59 Å². The second-order valence-corrected chi connectivity index (χ2v) is 3.14. The van der Waals surface area contributed by atoms with Gasteiger partial charge in [-0.05, 0) is 18.8 Å². The van der Waals surface area contributed by atoms with E-state index in [4.69, 9.17) is 5.73 Å². The number of amides is 2. The molecule has 0 aromatic rings. The maximum absolute atomic E-state index is 11.2. The van der Waals surface area contributed by atoms with Crippen molar-refractivity contribution in [1.29, 1.82) is 0 Å². The normalized spacial score (nSPS) is 29.7. The lowest BCUT2D eigenvalue weighted by molar-refractivity contribution is -0.134. The lowest BCUT2D eigenvalue weighted by Crippen LogP contribution is -2.48. The topological polar surface area (TPSA) is 84.5 Å². The zero-order chi connectivity index (χ0) is 8.72. The molecule has 5 nitrogen and oxygen atoms in total. The fourth-order valence-corrected chi connectivity index (χ4v) is 1.38. The summed E-state index contributed by atoms with van der Waals surface area (Å²) in [5.41, 5.74) is 5.20. The van der Waals surface area contributed by atoms with Gasteiger partial charge in [-0.3, -0.25) is 14.9 Å². The fourth-order valence-electron chi connectivity index (χ4n) is 1.38. The highest BCUT2D eigenvalue weighted by molar-refractivity contribution is 6.15. The second-order valence-electron chi connectivity index (χ2n) is 3.14. The Bertz CT molecular complexity index is 280.